The van der Waals surface area contributed by atoms with Crippen LogP contribution in [0.4, 0.5) is 8.78 Å². The summed E-state index contributed by atoms with van der Waals surface area (Å²) >= 11 is 0. The van der Waals surface area contributed by atoms with Crippen LogP contribution in [0, 0.1) is 11.6 Å². The largest absolute Gasteiger partial charge is 0.467 e. The third kappa shape index (κ3) is 5.52. The fraction of sp³-hybridized carbons (Fsp3) is 0.316. The van der Waals surface area contributed by atoms with Crippen LogP contribution in [0.5, 0.6) is 5.75 Å². The van der Waals surface area contributed by atoms with Gasteiger partial charge < -0.3 is 19.7 Å². The van der Waals surface area contributed by atoms with Crippen molar-refractivity contribution >= 4 is 29.9 Å². The maximum absolute atomic E-state index is 13.8. The van der Waals surface area contributed by atoms with Gasteiger partial charge in [0.2, 0.25) is 0 Å². The van der Waals surface area contributed by atoms with Gasteiger partial charge in [-0.05, 0) is 29.8 Å². The second-order valence-corrected chi connectivity index (χ2v) is 6.05. The minimum absolute atomic E-state index is 0. The smallest absolute Gasteiger partial charge is 0.193 e. The molecule has 0 saturated heterocycles. The molecule has 1 N–H and O–H groups in total. The van der Waals surface area contributed by atoms with Crippen LogP contribution in [-0.2, 0) is 24.4 Å². The molecule has 1 heterocycles. The molecule has 0 spiro atoms. The Balaban J connectivity index is 0.00000261. The van der Waals surface area contributed by atoms with E-state index in [2.05, 4.69) is 10.3 Å². The normalized spacial score (nSPS) is 13.3. The Morgan fingerprint density at radius 3 is 2.78 bits per heavy atom. The molecule has 146 valence electrons. The van der Waals surface area contributed by atoms with Gasteiger partial charge in [0.05, 0.1) is 6.61 Å². The van der Waals surface area contributed by atoms with Crippen LogP contribution in [0.1, 0.15) is 16.7 Å². The molecule has 1 aliphatic heterocycles. The van der Waals surface area contributed by atoms with E-state index in [-0.39, 0.29) is 42.4 Å². The first-order valence-electron chi connectivity index (χ1n) is 8.25. The highest BCUT2D eigenvalue weighted by molar-refractivity contribution is 14.0. The van der Waals surface area contributed by atoms with Crippen LogP contribution in [0.15, 0.2) is 41.4 Å². The van der Waals surface area contributed by atoms with Gasteiger partial charge in [-0.15, -0.1) is 24.0 Å². The van der Waals surface area contributed by atoms with Gasteiger partial charge >= 0.3 is 0 Å². The summed E-state index contributed by atoms with van der Waals surface area (Å²) in [4.78, 5) is 6.10. The van der Waals surface area contributed by atoms with Crippen LogP contribution in [0.3, 0.4) is 0 Å². The molecule has 0 unspecified atom stereocenters. The van der Waals surface area contributed by atoms with Crippen LogP contribution in [-0.4, -0.2) is 31.7 Å². The van der Waals surface area contributed by atoms with Gasteiger partial charge in [-0.1, -0.05) is 12.1 Å². The Bertz CT molecular complexity index is 818. The Hall–Kier alpha value is -1.94. The topological polar surface area (TPSA) is 46.1 Å². The van der Waals surface area contributed by atoms with E-state index in [1.54, 1.807) is 13.1 Å². The summed E-state index contributed by atoms with van der Waals surface area (Å²) in [5, 5.41) is 3.19. The van der Waals surface area contributed by atoms with E-state index in [0.717, 1.165) is 5.56 Å². The highest BCUT2D eigenvalue weighted by atomic mass is 127. The van der Waals surface area contributed by atoms with Gasteiger partial charge in [-0.3, -0.25) is 4.99 Å². The molecule has 0 fully saturated rings. The number of halogens is 3. The zero-order valence-corrected chi connectivity index (χ0v) is 17.5. The lowest BCUT2D eigenvalue weighted by molar-refractivity contribution is -0.0173. The molecule has 8 heteroatoms. The fourth-order valence-corrected chi connectivity index (χ4v) is 2.93. The van der Waals surface area contributed by atoms with Crippen molar-refractivity contribution < 1.29 is 18.3 Å². The van der Waals surface area contributed by atoms with Crippen LogP contribution >= 0.6 is 24.0 Å². The van der Waals surface area contributed by atoms with Crippen molar-refractivity contribution in [3.05, 3.63) is 64.7 Å². The maximum atomic E-state index is 13.8. The van der Waals surface area contributed by atoms with E-state index in [4.69, 9.17) is 9.47 Å². The van der Waals surface area contributed by atoms with E-state index < -0.39 is 0 Å². The summed E-state index contributed by atoms with van der Waals surface area (Å²) < 4.78 is 37.9. The zero-order valence-electron chi connectivity index (χ0n) is 15.2. The molecule has 2 aromatic carbocycles. The van der Waals surface area contributed by atoms with Crippen molar-refractivity contribution in [2.45, 2.75) is 19.7 Å². The quantitative estimate of drug-likeness (QED) is 0.405. The van der Waals surface area contributed by atoms with Crippen molar-refractivity contribution in [2.75, 3.05) is 20.9 Å². The number of benzene rings is 2. The van der Waals surface area contributed by atoms with Crippen molar-refractivity contribution in [3.63, 3.8) is 0 Å². The molecule has 0 radical (unpaired) electrons. The van der Waals surface area contributed by atoms with E-state index in [1.807, 2.05) is 18.0 Å². The summed E-state index contributed by atoms with van der Waals surface area (Å²) in [5.74, 6) is 0.648. The molecule has 0 aromatic heterocycles. The van der Waals surface area contributed by atoms with E-state index in [0.29, 0.717) is 42.5 Å². The summed E-state index contributed by atoms with van der Waals surface area (Å²) in [5.41, 5.74) is 2.22. The lowest BCUT2D eigenvalue weighted by Crippen LogP contribution is -2.38. The van der Waals surface area contributed by atoms with Gasteiger partial charge in [-0.25, -0.2) is 8.78 Å². The number of ether oxygens (including phenoxy) is 2. The van der Waals surface area contributed by atoms with Crippen molar-refractivity contribution in [3.8, 4) is 5.75 Å². The summed E-state index contributed by atoms with van der Waals surface area (Å²) in [7, 11) is 3.52. The molecule has 0 aliphatic carbocycles. The first-order valence-corrected chi connectivity index (χ1v) is 8.25. The number of aliphatic imine (C=N–C) groups is 1. The zero-order chi connectivity index (χ0) is 18.5. The number of nitrogens with zero attached hydrogens (tertiary/aromatic N) is 2. The third-order valence-electron chi connectivity index (χ3n) is 4.07. The summed E-state index contributed by atoms with van der Waals surface area (Å²) in [6, 6.07) is 9.28. The second kappa shape index (κ2) is 9.84. The minimum Gasteiger partial charge on any atom is -0.467 e. The molecular weight excluding hydrogens is 467 g/mol. The minimum atomic E-state index is -0.335. The van der Waals surface area contributed by atoms with Crippen molar-refractivity contribution in [1.82, 2.24) is 10.2 Å². The Kier molecular flexibility index (Phi) is 7.78. The summed E-state index contributed by atoms with van der Waals surface area (Å²) in [6.07, 6.45) is 0. The Labute approximate surface area is 174 Å². The van der Waals surface area contributed by atoms with E-state index in [1.165, 1.54) is 24.3 Å². The molecular formula is C19H22F2IN3O2. The van der Waals surface area contributed by atoms with Crippen LogP contribution in [0.2, 0.25) is 0 Å². The highest BCUT2D eigenvalue weighted by Crippen LogP contribution is 2.29. The number of fused-ring (bicyclic) bond motifs is 1. The first kappa shape index (κ1) is 21.4. The molecule has 1 aliphatic rings. The lowest BCUT2D eigenvalue weighted by atomic mass is 10.1. The Morgan fingerprint density at radius 2 is 2.04 bits per heavy atom. The number of guanidine groups is 1. The molecule has 5 nitrogen and oxygen atoms in total. The number of hydrogen-bond donors (Lipinski definition) is 1. The van der Waals surface area contributed by atoms with Crippen molar-refractivity contribution in [2.24, 2.45) is 4.99 Å². The van der Waals surface area contributed by atoms with Gasteiger partial charge in [-0.2, -0.15) is 0 Å². The lowest BCUT2D eigenvalue weighted by Gasteiger charge is -2.24. The average molecular weight is 489 g/mol. The van der Waals surface area contributed by atoms with Gasteiger partial charge in [0, 0.05) is 38.3 Å². The molecule has 2 aromatic rings. The predicted octanol–water partition coefficient (Wildman–Crippen LogP) is 3.66. The molecule has 27 heavy (non-hydrogen) atoms. The highest BCUT2D eigenvalue weighted by Gasteiger charge is 2.17. The molecule has 3 rings (SSSR count). The monoisotopic (exact) mass is 489 g/mol. The van der Waals surface area contributed by atoms with Crippen molar-refractivity contribution in [1.29, 1.82) is 0 Å². The van der Waals surface area contributed by atoms with E-state index >= 15 is 0 Å². The van der Waals surface area contributed by atoms with Gasteiger partial charge in [0.25, 0.3) is 0 Å². The number of rotatable bonds is 4. The van der Waals surface area contributed by atoms with E-state index in [9.17, 15) is 8.78 Å². The second-order valence-electron chi connectivity index (χ2n) is 6.05. The third-order valence-corrected chi connectivity index (χ3v) is 4.07. The molecule has 0 bridgehead atoms. The van der Waals surface area contributed by atoms with Crippen LogP contribution < -0.4 is 10.1 Å². The predicted molar refractivity (Wildman–Crippen MR) is 110 cm³/mol. The average Bonchev–Trinajstić information content (AvgIpc) is 2.62. The first-order chi connectivity index (χ1) is 12.6. The maximum Gasteiger partial charge on any atom is 0.193 e. The Morgan fingerprint density at radius 1 is 1.22 bits per heavy atom. The number of hydrogen-bond acceptors (Lipinski definition) is 3. The van der Waals surface area contributed by atoms with Gasteiger partial charge in [0.15, 0.2) is 12.8 Å². The fourth-order valence-electron chi connectivity index (χ4n) is 2.93. The molecule has 0 saturated carbocycles. The standard InChI is InChI=1S/C19H21F2N3O2.HI/c1-22-19(24(2)10-13-4-3-5-16(20)6-13)23-9-14-7-17(21)8-15-11-25-12-26-18(14)15;/h3-8H,9-12H2,1-2H3,(H,22,23);1H. The molecule has 0 amide bonds. The van der Waals surface area contributed by atoms with Gasteiger partial charge in [0.1, 0.15) is 17.4 Å². The SMILES string of the molecule is CN=C(NCc1cc(F)cc2c1OCOC2)N(C)Cc1cccc(F)c1.I. The molecule has 0 atom stereocenters. The summed E-state index contributed by atoms with van der Waals surface area (Å²) in [6.45, 7) is 1.32. The number of nitrogens with one attached hydrogen (secondary N) is 1. The van der Waals surface area contributed by atoms with Crippen LogP contribution in [0.25, 0.3) is 0 Å².